The zero-order valence-corrected chi connectivity index (χ0v) is 29.3. The van der Waals surface area contributed by atoms with Crippen LogP contribution in [0.3, 0.4) is 0 Å². The number of benzene rings is 3. The zero-order chi connectivity index (χ0) is 34.3. The summed E-state index contributed by atoms with van der Waals surface area (Å²) >= 11 is 13.3. The van der Waals surface area contributed by atoms with Crippen LogP contribution in [-0.2, 0) is 13.5 Å². The Bertz CT molecular complexity index is 2000. The Balaban J connectivity index is 1.29. The first kappa shape index (κ1) is 33.4. The molecule has 1 aliphatic rings. The average molecular weight is 689 g/mol. The second-order valence-electron chi connectivity index (χ2n) is 12.4. The maximum atomic E-state index is 14.3. The van der Waals surface area contributed by atoms with E-state index in [0.717, 1.165) is 66.6 Å². The van der Waals surface area contributed by atoms with Crippen LogP contribution >= 0.6 is 23.2 Å². The van der Waals surface area contributed by atoms with Gasteiger partial charge < -0.3 is 24.6 Å². The van der Waals surface area contributed by atoms with Crippen molar-refractivity contribution in [3.63, 3.8) is 0 Å². The van der Waals surface area contributed by atoms with Gasteiger partial charge in [-0.15, -0.1) is 0 Å². The number of carboxylic acid groups (broad SMARTS) is 1. The number of carbonyl (C=O) groups excluding carboxylic acids is 1. The minimum atomic E-state index is -0.953. The molecule has 2 aromatic heterocycles. The fourth-order valence-corrected chi connectivity index (χ4v) is 7.05. The molecule has 6 rings (SSSR count). The quantitative estimate of drug-likeness (QED) is 0.153. The van der Waals surface area contributed by atoms with Crippen molar-refractivity contribution in [3.8, 4) is 16.9 Å². The minimum Gasteiger partial charge on any atom is -0.494 e. The Labute approximate surface area is 290 Å². The standard InChI is InChI=1S/C37H39Cl2N5O4/c1-21-19-27(20-22(2)33(21)39)48-18-6-7-28-29-12-13-30(38)32(31-23(3)41-42(5)24(31)4)34(29)40-35(28)36(45)44-16-14-43(15-17-44)26-10-8-25(9-11-26)37(46)47/h8-13,19-20,40H,6-7,14-18H2,1-5H3,(H,46,47). The fraction of sp³-hybridized carbons (Fsp3) is 0.324. The molecule has 0 saturated carbocycles. The molecule has 1 fully saturated rings. The molecule has 3 heterocycles. The Morgan fingerprint density at radius 3 is 2.21 bits per heavy atom. The molecular weight excluding hydrogens is 649 g/mol. The molecule has 5 aromatic rings. The number of nitrogens with one attached hydrogen (secondary N) is 1. The summed E-state index contributed by atoms with van der Waals surface area (Å²) in [6.45, 7) is 10.7. The van der Waals surface area contributed by atoms with Crippen LogP contribution in [0.1, 0.15) is 55.3 Å². The third kappa shape index (κ3) is 6.36. The molecule has 0 spiro atoms. The number of ether oxygens (including phenoxy) is 1. The van der Waals surface area contributed by atoms with E-state index in [1.165, 1.54) is 0 Å². The number of aromatic amines is 1. The molecule has 1 saturated heterocycles. The van der Waals surface area contributed by atoms with Crippen LogP contribution in [0.2, 0.25) is 10.0 Å². The van der Waals surface area contributed by atoms with Crippen molar-refractivity contribution in [1.29, 1.82) is 0 Å². The van der Waals surface area contributed by atoms with Crippen molar-refractivity contribution in [3.05, 3.63) is 97.9 Å². The second kappa shape index (κ2) is 13.6. The third-order valence-corrected chi connectivity index (χ3v) is 10.2. The molecule has 1 aliphatic heterocycles. The van der Waals surface area contributed by atoms with E-state index in [2.05, 4.69) is 15.0 Å². The number of fused-ring (bicyclic) bond motifs is 1. The number of hydrogen-bond donors (Lipinski definition) is 2. The number of piperazine rings is 1. The molecule has 0 bridgehead atoms. The molecule has 9 nitrogen and oxygen atoms in total. The van der Waals surface area contributed by atoms with E-state index < -0.39 is 5.97 Å². The molecule has 1 amide bonds. The number of carboxylic acids is 1. The largest absolute Gasteiger partial charge is 0.494 e. The predicted octanol–water partition coefficient (Wildman–Crippen LogP) is 7.78. The summed E-state index contributed by atoms with van der Waals surface area (Å²) in [5, 5.41) is 16.2. The van der Waals surface area contributed by atoms with Crippen LogP contribution in [-0.4, -0.2) is 69.4 Å². The van der Waals surface area contributed by atoms with Gasteiger partial charge in [0, 0.05) is 66.1 Å². The van der Waals surface area contributed by atoms with Gasteiger partial charge in [0.15, 0.2) is 0 Å². The number of aromatic nitrogens is 3. The van der Waals surface area contributed by atoms with Crippen molar-refractivity contribution in [2.45, 2.75) is 40.5 Å². The van der Waals surface area contributed by atoms with Gasteiger partial charge >= 0.3 is 5.97 Å². The molecular formula is C37H39Cl2N5O4. The van der Waals surface area contributed by atoms with Crippen molar-refractivity contribution in [2.75, 3.05) is 37.7 Å². The zero-order valence-electron chi connectivity index (χ0n) is 27.8. The highest BCUT2D eigenvalue weighted by Gasteiger charge is 2.28. The minimum absolute atomic E-state index is 0.0614. The lowest BCUT2D eigenvalue weighted by Gasteiger charge is -2.36. The Morgan fingerprint density at radius 2 is 1.60 bits per heavy atom. The van der Waals surface area contributed by atoms with E-state index in [0.29, 0.717) is 56.3 Å². The van der Waals surface area contributed by atoms with Crippen LogP contribution < -0.4 is 9.64 Å². The Hall–Kier alpha value is -4.47. The van der Waals surface area contributed by atoms with E-state index in [4.69, 9.17) is 27.9 Å². The summed E-state index contributed by atoms with van der Waals surface area (Å²) in [6, 6.07) is 14.7. The number of hydrogen-bond acceptors (Lipinski definition) is 5. The van der Waals surface area contributed by atoms with Gasteiger partial charge in [0.1, 0.15) is 11.4 Å². The smallest absolute Gasteiger partial charge is 0.335 e. The SMILES string of the molecule is Cc1cc(OCCCc2c(C(=O)N3CCN(c4ccc(C(=O)O)cc4)CC3)[nH]c3c(-c4c(C)nn(C)c4C)c(Cl)ccc23)cc(C)c1Cl. The predicted molar refractivity (Wildman–Crippen MR) is 191 cm³/mol. The van der Waals surface area contributed by atoms with Crippen molar-refractivity contribution in [2.24, 2.45) is 7.05 Å². The number of carbonyl (C=O) groups is 2. The molecule has 250 valence electrons. The van der Waals surface area contributed by atoms with E-state index in [-0.39, 0.29) is 11.5 Å². The topological polar surface area (TPSA) is 104 Å². The van der Waals surface area contributed by atoms with Gasteiger partial charge in [-0.05, 0) is 99.7 Å². The second-order valence-corrected chi connectivity index (χ2v) is 13.2. The summed E-state index contributed by atoms with van der Waals surface area (Å²) in [5.74, 6) is -0.239. The number of anilines is 1. The summed E-state index contributed by atoms with van der Waals surface area (Å²) in [7, 11) is 1.92. The molecule has 3 aromatic carbocycles. The molecule has 2 N–H and O–H groups in total. The van der Waals surface area contributed by atoms with Gasteiger partial charge in [0.25, 0.3) is 5.91 Å². The first-order chi connectivity index (χ1) is 22.9. The number of halogens is 2. The number of aromatic carboxylic acids is 1. The normalized spacial score (nSPS) is 13.4. The Morgan fingerprint density at radius 1 is 0.938 bits per heavy atom. The number of nitrogens with zero attached hydrogens (tertiary/aromatic N) is 4. The highest BCUT2D eigenvalue weighted by atomic mass is 35.5. The lowest BCUT2D eigenvalue weighted by Crippen LogP contribution is -2.49. The van der Waals surface area contributed by atoms with Crippen LogP contribution in [0.15, 0.2) is 48.5 Å². The first-order valence-electron chi connectivity index (χ1n) is 16.0. The molecule has 0 aliphatic carbocycles. The average Bonchev–Trinajstić information content (AvgIpc) is 3.56. The summed E-state index contributed by atoms with van der Waals surface area (Å²) in [4.78, 5) is 33.2. The third-order valence-electron chi connectivity index (χ3n) is 9.30. The number of H-pyrrole nitrogens is 1. The molecule has 0 atom stereocenters. The number of aryl methyl sites for hydroxylation is 5. The maximum Gasteiger partial charge on any atom is 0.335 e. The molecule has 0 unspecified atom stereocenters. The highest BCUT2D eigenvalue weighted by molar-refractivity contribution is 6.35. The number of rotatable bonds is 9. The van der Waals surface area contributed by atoms with E-state index >= 15 is 0 Å². The lowest BCUT2D eigenvalue weighted by molar-refractivity contribution is 0.0694. The lowest BCUT2D eigenvalue weighted by atomic mass is 9.98. The van der Waals surface area contributed by atoms with Crippen molar-refractivity contribution < 1.29 is 19.4 Å². The summed E-state index contributed by atoms with van der Waals surface area (Å²) in [6.07, 6.45) is 1.31. The van der Waals surface area contributed by atoms with Gasteiger partial charge in [-0.2, -0.15) is 5.10 Å². The number of amides is 1. The monoisotopic (exact) mass is 687 g/mol. The fourth-order valence-electron chi connectivity index (χ4n) is 6.68. The van der Waals surface area contributed by atoms with Gasteiger partial charge in [-0.1, -0.05) is 29.3 Å². The molecule has 48 heavy (non-hydrogen) atoms. The first-order valence-corrected chi connectivity index (χ1v) is 16.8. The van der Waals surface area contributed by atoms with Gasteiger partial charge in [0.05, 0.1) is 28.4 Å². The van der Waals surface area contributed by atoms with Crippen LogP contribution in [0.25, 0.3) is 22.0 Å². The van der Waals surface area contributed by atoms with E-state index in [1.807, 2.05) is 80.7 Å². The van der Waals surface area contributed by atoms with Crippen LogP contribution in [0.5, 0.6) is 5.75 Å². The van der Waals surface area contributed by atoms with Crippen molar-refractivity contribution in [1.82, 2.24) is 19.7 Å². The van der Waals surface area contributed by atoms with Gasteiger partial charge in [0.2, 0.25) is 0 Å². The highest BCUT2D eigenvalue weighted by Crippen LogP contribution is 2.40. The summed E-state index contributed by atoms with van der Waals surface area (Å²) < 4.78 is 7.99. The van der Waals surface area contributed by atoms with Crippen molar-refractivity contribution >= 4 is 51.7 Å². The van der Waals surface area contributed by atoms with E-state index in [1.54, 1.807) is 12.1 Å². The Kier molecular flexibility index (Phi) is 9.45. The van der Waals surface area contributed by atoms with Crippen LogP contribution in [0, 0.1) is 27.7 Å². The molecule has 0 radical (unpaired) electrons. The van der Waals surface area contributed by atoms with Crippen LogP contribution in [0.4, 0.5) is 5.69 Å². The van der Waals surface area contributed by atoms with Gasteiger partial charge in [-0.25, -0.2) is 4.79 Å². The molecule has 11 heteroatoms. The van der Waals surface area contributed by atoms with Gasteiger partial charge in [-0.3, -0.25) is 9.48 Å². The summed E-state index contributed by atoms with van der Waals surface area (Å²) in [5.41, 5.74) is 9.10. The van der Waals surface area contributed by atoms with E-state index in [9.17, 15) is 14.7 Å². The maximum absolute atomic E-state index is 14.3.